The normalized spacial score (nSPS) is 11.2. The smallest absolute Gasteiger partial charge is 0.269 e. The SMILES string of the molecule is O=[N+]([O-])c1ccc(-c2ccc(/C(=N/O)c3ccccc3)cc2)cc1. The van der Waals surface area contributed by atoms with E-state index in [9.17, 15) is 15.3 Å². The number of non-ortho nitro benzene ring substituents is 1. The Balaban J connectivity index is 1.89. The predicted octanol–water partition coefficient (Wildman–Crippen LogP) is 4.49. The van der Waals surface area contributed by atoms with Crippen LogP contribution in [0, 0.1) is 10.1 Å². The fourth-order valence-electron chi connectivity index (χ4n) is 2.47. The number of nitro benzene ring substituents is 1. The van der Waals surface area contributed by atoms with E-state index in [-0.39, 0.29) is 5.69 Å². The Morgan fingerprint density at radius 3 is 1.79 bits per heavy atom. The second-order valence-electron chi connectivity index (χ2n) is 5.20. The van der Waals surface area contributed by atoms with E-state index < -0.39 is 4.92 Å². The molecule has 0 heterocycles. The highest BCUT2D eigenvalue weighted by Crippen LogP contribution is 2.23. The Kier molecular flexibility index (Phi) is 4.34. The molecule has 0 atom stereocenters. The van der Waals surface area contributed by atoms with Crippen molar-refractivity contribution < 1.29 is 10.1 Å². The standard InChI is InChI=1S/C19H14N2O3/c22-20-19(16-4-2-1-3-5-16)17-8-6-14(7-9-17)15-10-12-18(13-11-15)21(23)24/h1-13,22H/b20-19+. The van der Waals surface area contributed by atoms with Gasteiger partial charge in [0.15, 0.2) is 0 Å². The number of hydrogen-bond acceptors (Lipinski definition) is 4. The van der Waals surface area contributed by atoms with Crippen LogP contribution in [0.15, 0.2) is 84.0 Å². The Labute approximate surface area is 138 Å². The first-order valence-electron chi connectivity index (χ1n) is 7.32. The zero-order chi connectivity index (χ0) is 16.9. The summed E-state index contributed by atoms with van der Waals surface area (Å²) in [7, 11) is 0. The molecule has 0 bridgehead atoms. The number of hydrogen-bond donors (Lipinski definition) is 1. The lowest BCUT2D eigenvalue weighted by Gasteiger charge is -2.07. The van der Waals surface area contributed by atoms with Gasteiger partial charge in [-0.15, -0.1) is 0 Å². The van der Waals surface area contributed by atoms with Crippen LogP contribution in [-0.2, 0) is 0 Å². The third-order valence-corrected chi connectivity index (χ3v) is 3.72. The van der Waals surface area contributed by atoms with Crippen molar-refractivity contribution >= 4 is 11.4 Å². The summed E-state index contributed by atoms with van der Waals surface area (Å²) >= 11 is 0. The molecule has 0 aromatic heterocycles. The lowest BCUT2D eigenvalue weighted by molar-refractivity contribution is -0.384. The fourth-order valence-corrected chi connectivity index (χ4v) is 2.47. The van der Waals surface area contributed by atoms with Gasteiger partial charge in [0.1, 0.15) is 5.71 Å². The second kappa shape index (κ2) is 6.75. The Morgan fingerprint density at radius 2 is 1.29 bits per heavy atom. The van der Waals surface area contributed by atoms with E-state index in [2.05, 4.69) is 5.16 Å². The molecule has 118 valence electrons. The van der Waals surface area contributed by atoms with E-state index >= 15 is 0 Å². The third kappa shape index (κ3) is 3.15. The largest absolute Gasteiger partial charge is 0.410 e. The van der Waals surface area contributed by atoms with Crippen LogP contribution < -0.4 is 0 Å². The molecule has 0 radical (unpaired) electrons. The highest BCUT2D eigenvalue weighted by molar-refractivity contribution is 6.12. The number of oxime groups is 1. The molecule has 5 heteroatoms. The van der Waals surface area contributed by atoms with Crippen molar-refractivity contribution in [2.45, 2.75) is 0 Å². The van der Waals surface area contributed by atoms with Crippen LogP contribution >= 0.6 is 0 Å². The summed E-state index contributed by atoms with van der Waals surface area (Å²) in [6, 6.07) is 23.3. The monoisotopic (exact) mass is 318 g/mol. The lowest BCUT2D eigenvalue weighted by atomic mass is 9.99. The van der Waals surface area contributed by atoms with Crippen LogP contribution in [0.4, 0.5) is 5.69 Å². The summed E-state index contributed by atoms with van der Waals surface area (Å²) in [6.45, 7) is 0. The molecule has 0 amide bonds. The van der Waals surface area contributed by atoms with Gasteiger partial charge in [0, 0.05) is 23.3 Å². The Morgan fingerprint density at radius 1 is 0.792 bits per heavy atom. The Hall–Kier alpha value is -3.47. The lowest BCUT2D eigenvalue weighted by Crippen LogP contribution is -2.02. The second-order valence-corrected chi connectivity index (χ2v) is 5.20. The topological polar surface area (TPSA) is 75.7 Å². The number of nitrogens with zero attached hydrogens (tertiary/aromatic N) is 2. The minimum atomic E-state index is -0.420. The molecule has 0 aliphatic rings. The van der Waals surface area contributed by atoms with E-state index in [0.717, 1.165) is 22.3 Å². The van der Waals surface area contributed by atoms with Gasteiger partial charge >= 0.3 is 0 Å². The van der Waals surface area contributed by atoms with Crippen molar-refractivity contribution in [2.24, 2.45) is 5.16 Å². The van der Waals surface area contributed by atoms with Crippen LogP contribution in [-0.4, -0.2) is 15.8 Å². The van der Waals surface area contributed by atoms with Gasteiger partial charge in [-0.05, 0) is 23.3 Å². The zero-order valence-electron chi connectivity index (χ0n) is 12.7. The van der Waals surface area contributed by atoms with Crippen LogP contribution in [0.1, 0.15) is 11.1 Å². The van der Waals surface area contributed by atoms with Crippen molar-refractivity contribution in [3.63, 3.8) is 0 Å². The molecule has 0 saturated carbocycles. The molecule has 24 heavy (non-hydrogen) atoms. The highest BCUT2D eigenvalue weighted by atomic mass is 16.6. The van der Waals surface area contributed by atoms with Crippen LogP contribution in [0.3, 0.4) is 0 Å². The van der Waals surface area contributed by atoms with Gasteiger partial charge < -0.3 is 5.21 Å². The molecule has 5 nitrogen and oxygen atoms in total. The van der Waals surface area contributed by atoms with E-state index in [1.54, 1.807) is 12.1 Å². The van der Waals surface area contributed by atoms with Gasteiger partial charge in [0.2, 0.25) is 0 Å². The summed E-state index contributed by atoms with van der Waals surface area (Å²) in [5, 5.41) is 23.4. The van der Waals surface area contributed by atoms with Gasteiger partial charge in [0.05, 0.1) is 4.92 Å². The molecular formula is C19H14N2O3. The average Bonchev–Trinajstić information content (AvgIpc) is 2.64. The fraction of sp³-hybridized carbons (Fsp3) is 0. The van der Waals surface area contributed by atoms with Gasteiger partial charge in [-0.1, -0.05) is 59.8 Å². The minimum Gasteiger partial charge on any atom is -0.410 e. The maximum Gasteiger partial charge on any atom is 0.269 e. The molecular weight excluding hydrogens is 304 g/mol. The first-order valence-corrected chi connectivity index (χ1v) is 7.32. The van der Waals surface area contributed by atoms with Gasteiger partial charge in [-0.2, -0.15) is 0 Å². The van der Waals surface area contributed by atoms with Crippen LogP contribution in [0.5, 0.6) is 0 Å². The quantitative estimate of drug-likeness (QED) is 0.333. The average molecular weight is 318 g/mol. The Bertz CT molecular complexity index is 871. The molecule has 0 unspecified atom stereocenters. The number of nitro groups is 1. The minimum absolute atomic E-state index is 0.0640. The van der Waals surface area contributed by atoms with E-state index in [0.29, 0.717) is 5.71 Å². The molecule has 0 aliphatic heterocycles. The van der Waals surface area contributed by atoms with Crippen LogP contribution in [0.25, 0.3) is 11.1 Å². The molecule has 1 N–H and O–H groups in total. The van der Waals surface area contributed by atoms with Crippen molar-refractivity contribution in [3.8, 4) is 11.1 Å². The predicted molar refractivity (Wildman–Crippen MR) is 92.4 cm³/mol. The summed E-state index contributed by atoms with van der Waals surface area (Å²) < 4.78 is 0. The molecule has 0 fully saturated rings. The van der Waals surface area contributed by atoms with Crippen molar-refractivity contribution in [2.75, 3.05) is 0 Å². The van der Waals surface area contributed by atoms with Gasteiger partial charge in [-0.25, -0.2) is 0 Å². The summed E-state index contributed by atoms with van der Waals surface area (Å²) in [5.41, 5.74) is 3.98. The first-order chi connectivity index (χ1) is 11.7. The third-order valence-electron chi connectivity index (χ3n) is 3.72. The maximum atomic E-state index is 10.7. The van der Waals surface area contributed by atoms with E-state index in [1.165, 1.54) is 12.1 Å². The van der Waals surface area contributed by atoms with Crippen LogP contribution in [0.2, 0.25) is 0 Å². The highest BCUT2D eigenvalue weighted by Gasteiger charge is 2.09. The molecule has 3 aromatic carbocycles. The van der Waals surface area contributed by atoms with E-state index in [1.807, 2.05) is 54.6 Å². The molecule has 0 spiro atoms. The van der Waals surface area contributed by atoms with Crippen molar-refractivity contribution in [1.29, 1.82) is 0 Å². The number of benzene rings is 3. The zero-order valence-corrected chi connectivity index (χ0v) is 12.7. The van der Waals surface area contributed by atoms with E-state index in [4.69, 9.17) is 0 Å². The van der Waals surface area contributed by atoms with Crippen molar-refractivity contribution in [3.05, 3.63) is 100 Å². The summed E-state index contributed by atoms with van der Waals surface area (Å²) in [6.07, 6.45) is 0. The van der Waals surface area contributed by atoms with Crippen molar-refractivity contribution in [1.82, 2.24) is 0 Å². The first kappa shape index (κ1) is 15.4. The molecule has 3 rings (SSSR count). The van der Waals surface area contributed by atoms with Gasteiger partial charge in [0.25, 0.3) is 5.69 Å². The van der Waals surface area contributed by atoms with Gasteiger partial charge in [-0.3, -0.25) is 10.1 Å². The number of rotatable bonds is 4. The molecule has 3 aromatic rings. The maximum absolute atomic E-state index is 10.7. The molecule has 0 aliphatic carbocycles. The summed E-state index contributed by atoms with van der Waals surface area (Å²) in [5.74, 6) is 0. The molecule has 0 saturated heterocycles. The summed E-state index contributed by atoms with van der Waals surface area (Å²) in [4.78, 5) is 10.3.